The number of aliphatic hydroxyl groups excluding tert-OH is 2. The van der Waals surface area contributed by atoms with E-state index in [1.165, 1.54) is 0 Å². The Kier molecular flexibility index (Phi) is 4.94. The quantitative estimate of drug-likeness (QED) is 0.731. The maximum Gasteiger partial charge on any atom is 0.194 e. The van der Waals surface area contributed by atoms with Gasteiger partial charge in [-0.25, -0.2) is 23.1 Å². The zero-order valence-corrected chi connectivity index (χ0v) is 11.6. The highest BCUT2D eigenvalue weighted by molar-refractivity contribution is 5.58. The lowest BCUT2D eigenvalue weighted by Gasteiger charge is -2.11. The number of aryl methyl sites for hydroxylation is 1. The molecule has 2 rings (SSSR count). The van der Waals surface area contributed by atoms with Gasteiger partial charge in [-0.05, 0) is 19.1 Å². The van der Waals surface area contributed by atoms with Crippen LogP contribution in [0.4, 0.5) is 19.0 Å². The third-order valence-corrected chi connectivity index (χ3v) is 2.83. The first-order valence-electron chi connectivity index (χ1n) is 6.44. The number of hydrogen-bond donors (Lipinski definition) is 3. The Labute approximate surface area is 124 Å². The first-order chi connectivity index (χ1) is 10.4. The Balaban J connectivity index is 2.33. The number of aliphatic hydroxyl groups is 2. The predicted octanol–water partition coefficient (Wildman–Crippen LogP) is 1.63. The van der Waals surface area contributed by atoms with E-state index in [2.05, 4.69) is 15.3 Å². The van der Waals surface area contributed by atoms with Gasteiger partial charge >= 0.3 is 0 Å². The van der Waals surface area contributed by atoms with E-state index in [0.29, 0.717) is 11.5 Å². The van der Waals surface area contributed by atoms with Gasteiger partial charge in [0.2, 0.25) is 0 Å². The minimum atomic E-state index is -1.55. The molecule has 0 fully saturated rings. The number of hydrogen-bond acceptors (Lipinski definition) is 5. The van der Waals surface area contributed by atoms with Crippen molar-refractivity contribution in [2.75, 3.05) is 18.5 Å². The molecular weight excluding hydrogens is 299 g/mol. The lowest BCUT2D eigenvalue weighted by atomic mass is 10.2. The highest BCUT2D eigenvalue weighted by atomic mass is 19.2. The Morgan fingerprint density at radius 3 is 2.36 bits per heavy atom. The summed E-state index contributed by atoms with van der Waals surface area (Å²) in [6.45, 7) is 1.27. The maximum absolute atomic E-state index is 13.3. The maximum atomic E-state index is 13.3. The molecule has 0 spiro atoms. The van der Waals surface area contributed by atoms with E-state index in [-0.39, 0.29) is 17.9 Å². The molecule has 22 heavy (non-hydrogen) atoms. The summed E-state index contributed by atoms with van der Waals surface area (Å²) in [6, 6.07) is 3.17. The van der Waals surface area contributed by atoms with Crippen LogP contribution in [0, 0.1) is 24.4 Å². The fourth-order valence-electron chi connectivity index (χ4n) is 1.76. The van der Waals surface area contributed by atoms with Crippen LogP contribution in [0.2, 0.25) is 0 Å². The Bertz CT molecular complexity index is 659. The van der Waals surface area contributed by atoms with Gasteiger partial charge in [-0.1, -0.05) is 0 Å². The zero-order chi connectivity index (χ0) is 16.3. The lowest BCUT2D eigenvalue weighted by Crippen LogP contribution is -2.23. The molecule has 0 saturated carbocycles. The van der Waals surface area contributed by atoms with Gasteiger partial charge in [-0.3, -0.25) is 0 Å². The second-order valence-corrected chi connectivity index (χ2v) is 4.69. The summed E-state index contributed by atoms with van der Waals surface area (Å²) < 4.78 is 39.5. The predicted molar refractivity (Wildman–Crippen MR) is 73.7 cm³/mol. The van der Waals surface area contributed by atoms with Crippen molar-refractivity contribution in [1.29, 1.82) is 0 Å². The van der Waals surface area contributed by atoms with E-state index < -0.39 is 30.2 Å². The van der Waals surface area contributed by atoms with E-state index in [0.717, 1.165) is 12.1 Å². The summed E-state index contributed by atoms with van der Waals surface area (Å²) >= 11 is 0. The molecule has 1 unspecified atom stereocenters. The molecule has 1 aromatic carbocycles. The number of halogens is 3. The molecule has 0 aliphatic rings. The highest BCUT2D eigenvalue weighted by Crippen LogP contribution is 2.22. The van der Waals surface area contributed by atoms with E-state index >= 15 is 0 Å². The molecule has 0 radical (unpaired) electrons. The highest BCUT2D eigenvalue weighted by Gasteiger charge is 2.14. The molecule has 2 aromatic rings. The van der Waals surface area contributed by atoms with Crippen LogP contribution in [-0.4, -0.2) is 39.4 Å². The Morgan fingerprint density at radius 2 is 1.77 bits per heavy atom. The standard InChI is InChI=1S/C14H14F3N3O2/c1-7-2-12(18-5-9(22)6-21)20-14(19-7)8-3-10(15)13(17)11(16)4-8/h2-4,9,21-22H,5-6H2,1H3,(H,18,19,20). The van der Waals surface area contributed by atoms with Crippen LogP contribution in [-0.2, 0) is 0 Å². The number of nitrogens with zero attached hydrogens (tertiary/aromatic N) is 2. The lowest BCUT2D eigenvalue weighted by molar-refractivity contribution is 0.105. The van der Waals surface area contributed by atoms with Crippen LogP contribution in [0.5, 0.6) is 0 Å². The van der Waals surface area contributed by atoms with Gasteiger partial charge in [0.05, 0.1) is 12.7 Å². The average molecular weight is 313 g/mol. The molecule has 1 heterocycles. The van der Waals surface area contributed by atoms with Crippen molar-refractivity contribution in [2.45, 2.75) is 13.0 Å². The molecule has 0 bridgehead atoms. The van der Waals surface area contributed by atoms with Gasteiger partial charge in [-0.15, -0.1) is 0 Å². The average Bonchev–Trinajstić information content (AvgIpc) is 2.49. The molecule has 3 N–H and O–H groups in total. The van der Waals surface area contributed by atoms with Crippen LogP contribution in [0.1, 0.15) is 5.69 Å². The van der Waals surface area contributed by atoms with Crippen LogP contribution < -0.4 is 5.32 Å². The minimum absolute atomic E-state index is 0.00847. The number of nitrogens with one attached hydrogen (secondary N) is 1. The largest absolute Gasteiger partial charge is 0.394 e. The number of aromatic nitrogens is 2. The molecule has 8 heteroatoms. The summed E-state index contributed by atoms with van der Waals surface area (Å²) in [7, 11) is 0. The van der Waals surface area contributed by atoms with Crippen molar-refractivity contribution in [3.05, 3.63) is 41.3 Å². The second kappa shape index (κ2) is 6.71. The minimum Gasteiger partial charge on any atom is -0.394 e. The summed E-state index contributed by atoms with van der Waals surface area (Å²) in [4.78, 5) is 8.10. The van der Waals surface area contributed by atoms with Crippen molar-refractivity contribution in [2.24, 2.45) is 0 Å². The second-order valence-electron chi connectivity index (χ2n) is 4.69. The Morgan fingerprint density at radius 1 is 1.14 bits per heavy atom. The monoisotopic (exact) mass is 313 g/mol. The smallest absolute Gasteiger partial charge is 0.194 e. The van der Waals surface area contributed by atoms with Gasteiger partial charge < -0.3 is 15.5 Å². The fraction of sp³-hybridized carbons (Fsp3) is 0.286. The molecule has 118 valence electrons. The van der Waals surface area contributed by atoms with E-state index in [4.69, 9.17) is 5.11 Å². The summed E-state index contributed by atoms with van der Waals surface area (Å²) in [5.74, 6) is -3.89. The van der Waals surface area contributed by atoms with Crippen molar-refractivity contribution < 1.29 is 23.4 Å². The third-order valence-electron chi connectivity index (χ3n) is 2.83. The van der Waals surface area contributed by atoms with Gasteiger partial charge in [0.1, 0.15) is 5.82 Å². The zero-order valence-electron chi connectivity index (χ0n) is 11.6. The van der Waals surface area contributed by atoms with Crippen LogP contribution in [0.3, 0.4) is 0 Å². The first-order valence-corrected chi connectivity index (χ1v) is 6.44. The fourth-order valence-corrected chi connectivity index (χ4v) is 1.76. The van der Waals surface area contributed by atoms with Crippen molar-refractivity contribution in [3.8, 4) is 11.4 Å². The summed E-state index contributed by atoms with van der Waals surface area (Å²) in [5.41, 5.74) is 0.502. The molecule has 0 amide bonds. The van der Waals surface area contributed by atoms with Gasteiger partial charge in [-0.2, -0.15) is 0 Å². The molecule has 0 aliphatic carbocycles. The van der Waals surface area contributed by atoms with E-state index in [1.807, 2.05) is 0 Å². The SMILES string of the molecule is Cc1cc(NCC(O)CO)nc(-c2cc(F)c(F)c(F)c2)n1. The molecule has 1 aromatic heterocycles. The van der Waals surface area contributed by atoms with Crippen molar-refractivity contribution in [3.63, 3.8) is 0 Å². The van der Waals surface area contributed by atoms with Gasteiger partial charge in [0, 0.05) is 23.9 Å². The molecule has 0 aliphatic heterocycles. The molecule has 0 saturated heterocycles. The van der Waals surface area contributed by atoms with Gasteiger partial charge in [0.25, 0.3) is 0 Å². The Hall–Kier alpha value is -2.19. The topological polar surface area (TPSA) is 78.3 Å². The van der Waals surface area contributed by atoms with Crippen LogP contribution in [0.25, 0.3) is 11.4 Å². The van der Waals surface area contributed by atoms with Crippen LogP contribution in [0.15, 0.2) is 18.2 Å². The molecule has 5 nitrogen and oxygen atoms in total. The van der Waals surface area contributed by atoms with Crippen LogP contribution >= 0.6 is 0 Å². The number of rotatable bonds is 5. The van der Waals surface area contributed by atoms with E-state index in [9.17, 15) is 18.3 Å². The van der Waals surface area contributed by atoms with E-state index in [1.54, 1.807) is 13.0 Å². The van der Waals surface area contributed by atoms with Crippen molar-refractivity contribution in [1.82, 2.24) is 9.97 Å². The molecule has 1 atom stereocenters. The van der Waals surface area contributed by atoms with Crippen molar-refractivity contribution >= 4 is 5.82 Å². The summed E-state index contributed by atoms with van der Waals surface area (Å²) in [6.07, 6.45) is -0.973. The number of benzene rings is 1. The first kappa shape index (κ1) is 16.2. The third kappa shape index (κ3) is 3.71. The summed E-state index contributed by atoms with van der Waals surface area (Å²) in [5, 5.41) is 20.8. The molecular formula is C14H14F3N3O2. The number of anilines is 1. The van der Waals surface area contributed by atoms with Gasteiger partial charge in [0.15, 0.2) is 23.3 Å². The normalized spacial score (nSPS) is 12.3.